The Morgan fingerprint density at radius 3 is 2.14 bits per heavy atom. The van der Waals surface area contributed by atoms with Gasteiger partial charge in [-0.3, -0.25) is 9.59 Å². The first-order valence-electron chi connectivity index (χ1n) is 14.5. The van der Waals surface area contributed by atoms with Crippen molar-refractivity contribution < 1.29 is 33.8 Å². The largest absolute Gasteiger partial charge is 0.508 e. The van der Waals surface area contributed by atoms with Crippen molar-refractivity contribution in [1.82, 2.24) is 16.0 Å². The lowest BCUT2D eigenvalue weighted by molar-refractivity contribution is -0.145. The van der Waals surface area contributed by atoms with Gasteiger partial charge >= 0.3 is 12.1 Å². The number of phenolic OH excluding ortho intramolecular Hbond substituents is 1. The van der Waals surface area contributed by atoms with Crippen LogP contribution >= 0.6 is 11.6 Å². The SMILES string of the molecule is COC(=O)C(Cc1cccc(O)c1)NC(=O)[C@@H](NC(=O)[C@H](Cc1ccc(Cl)cc1)NC(=O)OC(C)(C)C)C1CCCCC1. The van der Waals surface area contributed by atoms with Crippen molar-refractivity contribution in [3.8, 4) is 5.75 Å². The van der Waals surface area contributed by atoms with Crippen molar-refractivity contribution in [1.29, 1.82) is 0 Å². The summed E-state index contributed by atoms with van der Waals surface area (Å²) in [7, 11) is 1.23. The summed E-state index contributed by atoms with van der Waals surface area (Å²) >= 11 is 6.03. The van der Waals surface area contributed by atoms with Gasteiger partial charge in [0.05, 0.1) is 7.11 Å². The standard InChI is InChI=1S/C32H42ClN3O7/c1-32(2,3)43-31(41)35-25(18-20-13-15-23(33)16-14-20)28(38)36-27(22-10-6-5-7-11-22)29(39)34-26(30(40)42-4)19-21-9-8-12-24(37)17-21/h8-9,12-17,22,25-27,37H,5-7,10-11,18-19H2,1-4H3,(H,34,39)(H,35,41)(H,36,38)/t25-,26?,27-/m0/s1. The van der Waals surface area contributed by atoms with E-state index in [0.29, 0.717) is 10.6 Å². The Morgan fingerprint density at radius 1 is 0.884 bits per heavy atom. The number of esters is 1. The highest BCUT2D eigenvalue weighted by atomic mass is 35.5. The van der Waals surface area contributed by atoms with Gasteiger partial charge in [-0.2, -0.15) is 0 Å². The zero-order valence-electron chi connectivity index (χ0n) is 25.2. The number of amides is 3. The lowest BCUT2D eigenvalue weighted by Crippen LogP contribution is -2.59. The van der Waals surface area contributed by atoms with Crippen molar-refractivity contribution in [2.24, 2.45) is 5.92 Å². The van der Waals surface area contributed by atoms with Gasteiger partial charge in [0, 0.05) is 17.9 Å². The zero-order valence-corrected chi connectivity index (χ0v) is 25.9. The third-order valence-corrected chi connectivity index (χ3v) is 7.47. The number of halogens is 1. The smallest absolute Gasteiger partial charge is 0.408 e. The maximum absolute atomic E-state index is 13.8. The van der Waals surface area contributed by atoms with Crippen molar-refractivity contribution in [2.45, 2.75) is 89.4 Å². The fourth-order valence-electron chi connectivity index (χ4n) is 5.15. The molecule has 11 heteroatoms. The number of benzene rings is 2. The molecule has 2 aromatic carbocycles. The number of methoxy groups -OCH3 is 1. The molecule has 0 bridgehead atoms. The molecule has 0 aromatic heterocycles. The predicted molar refractivity (Wildman–Crippen MR) is 163 cm³/mol. The van der Waals surface area contributed by atoms with Crippen molar-refractivity contribution in [3.63, 3.8) is 0 Å². The Kier molecular flexibility index (Phi) is 12.2. The second-order valence-electron chi connectivity index (χ2n) is 11.9. The molecule has 3 rings (SSSR count). The van der Waals surface area contributed by atoms with Gasteiger partial charge in [-0.25, -0.2) is 9.59 Å². The average Bonchev–Trinajstić information content (AvgIpc) is 2.95. The molecule has 10 nitrogen and oxygen atoms in total. The number of ether oxygens (including phenoxy) is 2. The molecule has 0 spiro atoms. The minimum atomic E-state index is -1.06. The first-order valence-corrected chi connectivity index (χ1v) is 14.9. The van der Waals surface area contributed by atoms with E-state index < -0.39 is 47.6 Å². The Morgan fingerprint density at radius 2 is 1.53 bits per heavy atom. The molecule has 0 heterocycles. The molecule has 4 N–H and O–H groups in total. The minimum absolute atomic E-state index is 0.0315. The maximum atomic E-state index is 13.8. The van der Waals surface area contributed by atoms with Crippen LogP contribution in [0.2, 0.25) is 5.02 Å². The molecule has 43 heavy (non-hydrogen) atoms. The quantitative estimate of drug-likeness (QED) is 0.274. The van der Waals surface area contributed by atoms with Crippen LogP contribution < -0.4 is 16.0 Å². The summed E-state index contributed by atoms with van der Waals surface area (Å²) in [5, 5.41) is 18.7. The Balaban J connectivity index is 1.84. The molecule has 0 radical (unpaired) electrons. The van der Waals surface area contributed by atoms with E-state index in [0.717, 1.165) is 37.7 Å². The highest BCUT2D eigenvalue weighted by Crippen LogP contribution is 2.27. The van der Waals surface area contributed by atoms with Gasteiger partial charge in [0.2, 0.25) is 11.8 Å². The summed E-state index contributed by atoms with van der Waals surface area (Å²) in [6.45, 7) is 5.16. The Labute approximate surface area is 257 Å². The number of hydrogen-bond donors (Lipinski definition) is 4. The molecule has 3 amide bonds. The number of nitrogens with one attached hydrogen (secondary N) is 3. The normalized spacial score (nSPS) is 15.8. The van der Waals surface area contributed by atoms with Crippen LogP contribution in [0.4, 0.5) is 4.79 Å². The number of carbonyl (C=O) groups excluding carboxylic acids is 4. The molecule has 2 aromatic rings. The molecule has 0 saturated heterocycles. The summed E-state index contributed by atoms with van der Waals surface area (Å²) in [6.07, 6.45) is 3.71. The molecule has 1 fully saturated rings. The van der Waals surface area contributed by atoms with E-state index in [1.807, 2.05) is 0 Å². The predicted octanol–water partition coefficient (Wildman–Crippen LogP) is 4.45. The number of hydrogen-bond acceptors (Lipinski definition) is 7. The van der Waals surface area contributed by atoms with Gasteiger partial charge in [-0.05, 0) is 74.9 Å². The van der Waals surface area contributed by atoms with Gasteiger partial charge in [0.25, 0.3) is 0 Å². The van der Waals surface area contributed by atoms with E-state index >= 15 is 0 Å². The summed E-state index contributed by atoms with van der Waals surface area (Å²) in [5.41, 5.74) is 0.587. The lowest BCUT2D eigenvalue weighted by Gasteiger charge is -2.32. The number of phenols is 1. The van der Waals surface area contributed by atoms with Crippen LogP contribution in [0, 0.1) is 5.92 Å². The Hall–Kier alpha value is -3.79. The third kappa shape index (κ3) is 11.1. The first-order chi connectivity index (χ1) is 20.3. The van der Waals surface area contributed by atoms with E-state index in [4.69, 9.17) is 21.1 Å². The van der Waals surface area contributed by atoms with Crippen LogP contribution in [0.5, 0.6) is 5.75 Å². The number of carbonyl (C=O) groups is 4. The van der Waals surface area contributed by atoms with E-state index in [9.17, 15) is 24.3 Å². The second-order valence-corrected chi connectivity index (χ2v) is 12.3. The summed E-state index contributed by atoms with van der Waals surface area (Å²) in [5.74, 6) is -1.89. The molecule has 234 valence electrons. The molecule has 1 aliphatic rings. The van der Waals surface area contributed by atoms with Crippen LogP contribution in [-0.2, 0) is 36.7 Å². The van der Waals surface area contributed by atoms with Gasteiger partial charge < -0.3 is 30.5 Å². The van der Waals surface area contributed by atoms with Crippen molar-refractivity contribution in [2.75, 3.05) is 7.11 Å². The van der Waals surface area contributed by atoms with Crippen LogP contribution in [0.1, 0.15) is 64.0 Å². The lowest BCUT2D eigenvalue weighted by atomic mass is 9.83. The molecular weight excluding hydrogens is 574 g/mol. The second kappa shape index (κ2) is 15.6. The van der Waals surface area contributed by atoms with Gasteiger partial charge in [0.1, 0.15) is 29.5 Å². The summed E-state index contributed by atoms with van der Waals surface area (Å²) < 4.78 is 10.3. The van der Waals surface area contributed by atoms with E-state index in [2.05, 4.69) is 16.0 Å². The van der Waals surface area contributed by atoms with Gasteiger partial charge in [-0.15, -0.1) is 0 Å². The maximum Gasteiger partial charge on any atom is 0.408 e. The Bertz CT molecular complexity index is 1260. The number of aromatic hydroxyl groups is 1. The molecular formula is C32H42ClN3O7. The van der Waals surface area contributed by atoms with Crippen molar-refractivity contribution >= 4 is 35.5 Å². The average molecular weight is 616 g/mol. The topological polar surface area (TPSA) is 143 Å². The monoisotopic (exact) mass is 615 g/mol. The highest BCUT2D eigenvalue weighted by molar-refractivity contribution is 6.30. The van der Waals surface area contributed by atoms with Crippen LogP contribution in [-0.4, -0.2) is 59.8 Å². The summed E-state index contributed by atoms with van der Waals surface area (Å²) in [4.78, 5) is 52.9. The highest BCUT2D eigenvalue weighted by Gasteiger charge is 2.36. The van der Waals surface area contributed by atoms with E-state index in [1.165, 1.54) is 19.2 Å². The van der Waals surface area contributed by atoms with E-state index in [-0.39, 0.29) is 24.5 Å². The van der Waals surface area contributed by atoms with Crippen LogP contribution in [0.25, 0.3) is 0 Å². The first kappa shape index (κ1) is 33.7. The van der Waals surface area contributed by atoms with Crippen molar-refractivity contribution in [3.05, 3.63) is 64.7 Å². The molecule has 3 atom stereocenters. The molecule has 1 saturated carbocycles. The fraction of sp³-hybridized carbons (Fsp3) is 0.500. The van der Waals surface area contributed by atoms with Crippen LogP contribution in [0.3, 0.4) is 0 Å². The fourth-order valence-corrected chi connectivity index (χ4v) is 5.28. The minimum Gasteiger partial charge on any atom is -0.508 e. The van der Waals surface area contributed by atoms with Crippen LogP contribution in [0.15, 0.2) is 48.5 Å². The third-order valence-electron chi connectivity index (χ3n) is 7.21. The van der Waals surface area contributed by atoms with Gasteiger partial charge in [0.15, 0.2) is 0 Å². The summed E-state index contributed by atoms with van der Waals surface area (Å²) in [6, 6.07) is 10.2. The van der Waals surface area contributed by atoms with Gasteiger partial charge in [-0.1, -0.05) is 55.1 Å². The number of rotatable bonds is 11. The zero-order chi connectivity index (χ0) is 31.6. The molecule has 1 unspecified atom stereocenters. The number of alkyl carbamates (subject to hydrolysis) is 1. The molecule has 0 aliphatic heterocycles. The molecule has 1 aliphatic carbocycles. The van der Waals surface area contributed by atoms with E-state index in [1.54, 1.807) is 57.2 Å².